The van der Waals surface area contributed by atoms with Gasteiger partial charge in [0.2, 0.25) is 0 Å². The summed E-state index contributed by atoms with van der Waals surface area (Å²) in [6.45, 7) is 0. The summed E-state index contributed by atoms with van der Waals surface area (Å²) in [5.74, 6) is 0.991. The summed E-state index contributed by atoms with van der Waals surface area (Å²) in [5.41, 5.74) is 11.9. The standard InChI is InChI=1S/C31H27N.C30H23N/c1-3-14-29(15-4-1)32(30-16-5-2-6-17-30)31-22-19-25(20-23-31)18-21-27-13-9-11-26-10-7-8-12-28(27)24-26;1-3-13-27(14-4-1)31(28-15-5-2-6-16-28)29-22-19-24(20-23-29)18-21-26-12-9-11-25-10-7-8-17-30(25)26/h1-23,26,28H,24H2;1-23H/b2*21-18+. The van der Waals surface area contributed by atoms with Gasteiger partial charge in [0, 0.05) is 40.0 Å². The Hall–Kier alpha value is -7.94. The third kappa shape index (κ3) is 10.2. The molecule has 2 aliphatic rings. The molecule has 0 saturated heterocycles. The Bertz CT molecular complexity index is 2800. The van der Waals surface area contributed by atoms with Gasteiger partial charge in [0.25, 0.3) is 0 Å². The van der Waals surface area contributed by atoms with Crippen LogP contribution in [0.5, 0.6) is 0 Å². The first-order valence-corrected chi connectivity index (χ1v) is 21.8. The predicted octanol–water partition coefficient (Wildman–Crippen LogP) is 16.9. The number of hydrogen-bond donors (Lipinski definition) is 0. The molecule has 0 fully saturated rings. The Morgan fingerprint density at radius 2 is 0.778 bits per heavy atom. The Kier molecular flexibility index (Phi) is 12.9. The molecule has 8 aromatic carbocycles. The van der Waals surface area contributed by atoms with E-state index >= 15 is 0 Å². The lowest BCUT2D eigenvalue weighted by molar-refractivity contribution is 0.620. The van der Waals surface area contributed by atoms with Crippen molar-refractivity contribution in [3.05, 3.63) is 283 Å². The quantitative estimate of drug-likeness (QED) is 0.127. The lowest BCUT2D eigenvalue weighted by Gasteiger charge is -2.25. The van der Waals surface area contributed by atoms with Gasteiger partial charge in [0.05, 0.1) is 0 Å². The number of allylic oxidation sites excluding steroid dienone is 9. The minimum atomic E-state index is 0.465. The van der Waals surface area contributed by atoms with E-state index in [1.807, 2.05) is 12.1 Å². The van der Waals surface area contributed by atoms with Gasteiger partial charge in [-0.25, -0.2) is 0 Å². The Morgan fingerprint density at radius 3 is 1.32 bits per heavy atom. The van der Waals surface area contributed by atoms with Crippen molar-refractivity contribution in [2.24, 2.45) is 11.8 Å². The minimum Gasteiger partial charge on any atom is -0.311 e. The Balaban J connectivity index is 0.000000160. The highest BCUT2D eigenvalue weighted by molar-refractivity contribution is 5.93. The molecule has 304 valence electrons. The highest BCUT2D eigenvalue weighted by atomic mass is 15.1. The first-order chi connectivity index (χ1) is 31.2. The molecule has 8 aromatic rings. The molecular formula is C61H50N2. The van der Waals surface area contributed by atoms with E-state index in [0.717, 1.165) is 40.5 Å². The first kappa shape index (κ1) is 40.5. The smallest absolute Gasteiger partial charge is 0.0462 e. The molecule has 2 heteroatoms. The monoisotopic (exact) mass is 810 g/mol. The van der Waals surface area contributed by atoms with Crippen molar-refractivity contribution in [3.63, 3.8) is 0 Å². The zero-order chi connectivity index (χ0) is 42.5. The van der Waals surface area contributed by atoms with Crippen LogP contribution < -0.4 is 9.80 Å². The van der Waals surface area contributed by atoms with Crippen LogP contribution in [0.15, 0.2) is 267 Å². The summed E-state index contributed by atoms with van der Waals surface area (Å²) in [6, 6.07) is 74.5. The van der Waals surface area contributed by atoms with Gasteiger partial charge in [-0.1, -0.05) is 206 Å². The second-order valence-electron chi connectivity index (χ2n) is 15.8. The molecule has 0 N–H and O–H groups in total. The number of para-hydroxylation sites is 4. The average molecular weight is 811 g/mol. The largest absolute Gasteiger partial charge is 0.311 e. The fourth-order valence-corrected chi connectivity index (χ4v) is 8.30. The minimum absolute atomic E-state index is 0.465. The van der Waals surface area contributed by atoms with Crippen LogP contribution in [0.3, 0.4) is 0 Å². The number of rotatable bonds is 10. The van der Waals surface area contributed by atoms with Gasteiger partial charge in [-0.15, -0.1) is 0 Å². The summed E-state index contributed by atoms with van der Waals surface area (Å²) >= 11 is 0. The maximum atomic E-state index is 2.32. The van der Waals surface area contributed by atoms with Gasteiger partial charge in [0.1, 0.15) is 0 Å². The molecule has 2 aliphatic carbocycles. The molecule has 63 heavy (non-hydrogen) atoms. The molecule has 10 rings (SSSR count). The lowest BCUT2D eigenvalue weighted by atomic mass is 9.90. The van der Waals surface area contributed by atoms with E-state index in [2.05, 4.69) is 277 Å². The second-order valence-corrected chi connectivity index (χ2v) is 15.8. The molecule has 2 unspecified atom stereocenters. The van der Waals surface area contributed by atoms with E-state index in [1.165, 1.54) is 33.0 Å². The van der Waals surface area contributed by atoms with E-state index in [0.29, 0.717) is 11.8 Å². The van der Waals surface area contributed by atoms with Gasteiger partial charge in [0.15, 0.2) is 0 Å². The molecule has 0 aromatic heterocycles. The van der Waals surface area contributed by atoms with Gasteiger partial charge >= 0.3 is 0 Å². The van der Waals surface area contributed by atoms with Crippen LogP contribution in [0.4, 0.5) is 34.1 Å². The average Bonchev–Trinajstić information content (AvgIpc) is 3.72. The highest BCUT2D eigenvalue weighted by Gasteiger charge is 2.17. The van der Waals surface area contributed by atoms with Crippen molar-refractivity contribution < 1.29 is 0 Å². The molecule has 0 amide bonds. The van der Waals surface area contributed by atoms with Gasteiger partial charge in [-0.3, -0.25) is 0 Å². The van der Waals surface area contributed by atoms with E-state index < -0.39 is 0 Å². The van der Waals surface area contributed by atoms with E-state index in [-0.39, 0.29) is 0 Å². The van der Waals surface area contributed by atoms with Crippen LogP contribution in [0.2, 0.25) is 0 Å². The van der Waals surface area contributed by atoms with E-state index in [9.17, 15) is 0 Å². The summed E-state index contributed by atoms with van der Waals surface area (Å²) in [5, 5.41) is 2.54. The van der Waals surface area contributed by atoms with Crippen LogP contribution in [0, 0.1) is 11.8 Å². The molecule has 2 bridgehead atoms. The molecule has 0 heterocycles. The van der Waals surface area contributed by atoms with Crippen molar-refractivity contribution in [1.82, 2.24) is 0 Å². The van der Waals surface area contributed by atoms with Gasteiger partial charge < -0.3 is 9.80 Å². The van der Waals surface area contributed by atoms with E-state index in [4.69, 9.17) is 0 Å². The van der Waals surface area contributed by atoms with Crippen molar-refractivity contribution in [1.29, 1.82) is 0 Å². The number of fused-ring (bicyclic) bond motifs is 3. The third-order valence-electron chi connectivity index (χ3n) is 11.5. The van der Waals surface area contributed by atoms with Crippen molar-refractivity contribution in [2.75, 3.05) is 9.80 Å². The molecule has 0 spiro atoms. The molecule has 2 nitrogen and oxygen atoms in total. The van der Waals surface area contributed by atoms with Crippen LogP contribution in [-0.4, -0.2) is 0 Å². The molecule has 0 radical (unpaired) electrons. The van der Waals surface area contributed by atoms with Crippen molar-refractivity contribution in [3.8, 4) is 0 Å². The summed E-state index contributed by atoms with van der Waals surface area (Å²) in [4.78, 5) is 4.56. The van der Waals surface area contributed by atoms with Crippen LogP contribution >= 0.6 is 0 Å². The zero-order valence-electron chi connectivity index (χ0n) is 35.3. The number of hydrogen-bond acceptors (Lipinski definition) is 2. The van der Waals surface area contributed by atoms with Gasteiger partial charge in [-0.05, 0) is 118 Å². The Labute approximate surface area is 372 Å². The molecule has 0 aliphatic heterocycles. The molecule has 0 saturated carbocycles. The zero-order valence-corrected chi connectivity index (χ0v) is 35.3. The van der Waals surface area contributed by atoms with Crippen LogP contribution in [-0.2, 0) is 0 Å². The van der Waals surface area contributed by atoms with E-state index in [1.54, 1.807) is 0 Å². The van der Waals surface area contributed by atoms with Gasteiger partial charge in [-0.2, -0.15) is 0 Å². The van der Waals surface area contributed by atoms with Crippen molar-refractivity contribution >= 4 is 63.1 Å². The third-order valence-corrected chi connectivity index (χ3v) is 11.5. The fraction of sp³-hybridized carbons (Fsp3) is 0.0492. The highest BCUT2D eigenvalue weighted by Crippen LogP contribution is 2.36. The maximum absolute atomic E-state index is 2.32. The summed E-state index contributed by atoms with van der Waals surface area (Å²) in [7, 11) is 0. The SMILES string of the molecule is C(=C\c1cccc2ccccc12)/c1ccc(N(c2ccccc2)c2ccccc2)cc1.C1=CC2C=CC=C(/C=C/c3ccc(N(c4ccccc4)c4ccccc4)cc3)C(C=C1)C2. The lowest BCUT2D eigenvalue weighted by Crippen LogP contribution is -2.09. The first-order valence-electron chi connectivity index (χ1n) is 21.8. The number of benzene rings is 8. The number of anilines is 6. The predicted molar refractivity (Wildman–Crippen MR) is 271 cm³/mol. The second kappa shape index (κ2) is 20.1. The summed E-state index contributed by atoms with van der Waals surface area (Å²) in [6.07, 6.45) is 25.7. The molecule has 2 atom stereocenters. The van der Waals surface area contributed by atoms with Crippen LogP contribution in [0.25, 0.3) is 29.0 Å². The Morgan fingerprint density at radius 1 is 0.349 bits per heavy atom. The topological polar surface area (TPSA) is 6.48 Å². The number of nitrogens with zero attached hydrogens (tertiary/aromatic N) is 2. The van der Waals surface area contributed by atoms with Crippen LogP contribution in [0.1, 0.15) is 23.1 Å². The normalized spacial score (nSPS) is 15.3. The summed E-state index contributed by atoms with van der Waals surface area (Å²) < 4.78 is 0. The fourth-order valence-electron chi connectivity index (χ4n) is 8.30. The maximum Gasteiger partial charge on any atom is 0.0462 e. The van der Waals surface area contributed by atoms with Crippen molar-refractivity contribution in [2.45, 2.75) is 6.42 Å². The molecular weight excluding hydrogens is 761 g/mol.